The second-order valence-electron chi connectivity index (χ2n) is 6.44. The van der Waals surface area contributed by atoms with Gasteiger partial charge in [0, 0.05) is 24.2 Å². The number of hydrogen-bond donors (Lipinski definition) is 3. The van der Waals surface area contributed by atoms with Crippen molar-refractivity contribution in [2.75, 3.05) is 6.54 Å². The molecule has 1 aromatic carbocycles. The van der Waals surface area contributed by atoms with Crippen molar-refractivity contribution < 1.29 is 9.90 Å². The summed E-state index contributed by atoms with van der Waals surface area (Å²) in [7, 11) is 0. The van der Waals surface area contributed by atoms with E-state index < -0.39 is 5.97 Å². The van der Waals surface area contributed by atoms with Gasteiger partial charge in [-0.1, -0.05) is 37.6 Å². The predicted octanol–water partition coefficient (Wildman–Crippen LogP) is 3.22. The molecule has 2 aromatic rings. The molecule has 5 heteroatoms. The summed E-state index contributed by atoms with van der Waals surface area (Å²) in [5, 5.41) is 19.7. The highest BCUT2D eigenvalue weighted by atomic mass is 16.4. The van der Waals surface area contributed by atoms with Crippen LogP contribution in [0, 0.1) is 18.8 Å². The Balaban J connectivity index is 1.99. The van der Waals surface area contributed by atoms with Crippen LogP contribution in [0.2, 0.25) is 0 Å². The van der Waals surface area contributed by atoms with Gasteiger partial charge in [0.2, 0.25) is 0 Å². The van der Waals surface area contributed by atoms with Crippen molar-refractivity contribution in [1.82, 2.24) is 15.5 Å². The third-order valence-corrected chi connectivity index (χ3v) is 3.84. The van der Waals surface area contributed by atoms with Gasteiger partial charge in [-0.2, -0.15) is 5.10 Å². The van der Waals surface area contributed by atoms with Crippen molar-refractivity contribution in [3.63, 3.8) is 0 Å². The molecule has 5 nitrogen and oxygen atoms in total. The molecule has 0 saturated carbocycles. The molecule has 1 heterocycles. The van der Waals surface area contributed by atoms with Crippen LogP contribution in [0.25, 0.3) is 11.3 Å². The molecule has 0 spiro atoms. The van der Waals surface area contributed by atoms with Crippen LogP contribution in [-0.4, -0.2) is 27.8 Å². The normalized spacial score (nSPS) is 12.5. The van der Waals surface area contributed by atoms with Gasteiger partial charge in [-0.05, 0) is 25.3 Å². The molecule has 1 aromatic heterocycles. The molecule has 124 valence electrons. The number of carbonyl (C=O) groups is 1. The Hall–Kier alpha value is -2.14. The van der Waals surface area contributed by atoms with E-state index in [-0.39, 0.29) is 5.92 Å². The minimum atomic E-state index is -0.739. The van der Waals surface area contributed by atoms with Crippen LogP contribution in [0.4, 0.5) is 0 Å². The summed E-state index contributed by atoms with van der Waals surface area (Å²) in [4.78, 5) is 11.3. The molecule has 0 aliphatic heterocycles. The van der Waals surface area contributed by atoms with Crippen molar-refractivity contribution in [2.45, 2.75) is 33.7 Å². The third kappa shape index (κ3) is 4.93. The smallest absolute Gasteiger partial charge is 0.307 e. The highest BCUT2D eigenvalue weighted by molar-refractivity contribution is 5.70. The number of aryl methyl sites for hydroxylation is 1. The van der Waals surface area contributed by atoms with Gasteiger partial charge in [0.05, 0.1) is 17.8 Å². The monoisotopic (exact) mass is 315 g/mol. The lowest BCUT2D eigenvalue weighted by molar-refractivity contribution is -0.142. The summed E-state index contributed by atoms with van der Waals surface area (Å²) in [5.74, 6) is -0.726. The zero-order chi connectivity index (χ0) is 16.8. The van der Waals surface area contributed by atoms with Gasteiger partial charge in [-0.25, -0.2) is 0 Å². The summed E-state index contributed by atoms with van der Waals surface area (Å²) in [6.07, 6.45) is 2.47. The number of rotatable bonds is 8. The molecule has 0 amide bonds. The number of aliphatic carboxylic acids is 1. The van der Waals surface area contributed by atoms with Crippen LogP contribution in [0.5, 0.6) is 0 Å². The molecule has 0 fully saturated rings. The number of carboxylic acids is 1. The molecule has 23 heavy (non-hydrogen) atoms. The molecule has 0 saturated heterocycles. The van der Waals surface area contributed by atoms with E-state index >= 15 is 0 Å². The minimum absolute atomic E-state index is 0.357. The molecule has 0 aliphatic carbocycles. The van der Waals surface area contributed by atoms with E-state index in [4.69, 9.17) is 0 Å². The minimum Gasteiger partial charge on any atom is -0.481 e. The first-order valence-electron chi connectivity index (χ1n) is 8.00. The maximum absolute atomic E-state index is 11.3. The Morgan fingerprint density at radius 2 is 2.17 bits per heavy atom. The molecule has 0 aliphatic rings. The number of aromatic nitrogens is 2. The molecule has 2 rings (SSSR count). The summed E-state index contributed by atoms with van der Waals surface area (Å²) in [6, 6.07) is 8.23. The first kappa shape index (κ1) is 17.2. The summed E-state index contributed by atoms with van der Waals surface area (Å²) >= 11 is 0. The molecule has 3 N–H and O–H groups in total. The zero-order valence-electron chi connectivity index (χ0n) is 14.0. The third-order valence-electron chi connectivity index (χ3n) is 3.84. The lowest BCUT2D eigenvalue weighted by atomic mass is 9.97. The highest BCUT2D eigenvalue weighted by Gasteiger charge is 2.18. The van der Waals surface area contributed by atoms with Crippen LogP contribution in [0.15, 0.2) is 30.5 Å². The molecular formula is C18H25N3O2. The second-order valence-corrected chi connectivity index (χ2v) is 6.44. The van der Waals surface area contributed by atoms with Crippen molar-refractivity contribution >= 4 is 5.97 Å². The number of nitrogens with zero attached hydrogens (tertiary/aromatic N) is 1. The molecule has 1 atom stereocenters. The fraction of sp³-hybridized carbons (Fsp3) is 0.444. The summed E-state index contributed by atoms with van der Waals surface area (Å²) in [5.41, 5.74) is 4.32. The van der Waals surface area contributed by atoms with E-state index in [1.807, 2.05) is 26.0 Å². The van der Waals surface area contributed by atoms with E-state index in [1.165, 1.54) is 5.56 Å². The lowest BCUT2D eigenvalue weighted by Crippen LogP contribution is -2.29. The SMILES string of the molecule is Cc1cccc(-c2[nH]ncc2CNCC(CC(C)C)C(=O)O)c1. The predicted molar refractivity (Wildman–Crippen MR) is 91.0 cm³/mol. The van der Waals surface area contributed by atoms with E-state index in [0.29, 0.717) is 25.4 Å². The quantitative estimate of drug-likeness (QED) is 0.699. The largest absolute Gasteiger partial charge is 0.481 e. The van der Waals surface area contributed by atoms with Crippen molar-refractivity contribution in [1.29, 1.82) is 0 Å². The Bertz CT molecular complexity index is 649. The van der Waals surface area contributed by atoms with Gasteiger partial charge in [0.25, 0.3) is 0 Å². The fourth-order valence-electron chi connectivity index (χ4n) is 2.72. The standard InChI is InChI=1S/C18H25N3O2/c1-12(2)7-15(18(22)23)9-19-10-16-11-20-21-17(16)14-6-4-5-13(3)8-14/h4-6,8,11-12,15,19H,7,9-10H2,1-3H3,(H,20,21)(H,22,23). The molecule has 0 bridgehead atoms. The van der Waals surface area contributed by atoms with Crippen molar-refractivity contribution in [3.05, 3.63) is 41.6 Å². The van der Waals surface area contributed by atoms with E-state index in [0.717, 1.165) is 16.8 Å². The Morgan fingerprint density at radius 3 is 2.83 bits per heavy atom. The molecular weight excluding hydrogens is 290 g/mol. The highest BCUT2D eigenvalue weighted by Crippen LogP contribution is 2.22. The average molecular weight is 315 g/mol. The first-order valence-corrected chi connectivity index (χ1v) is 8.00. The van der Waals surface area contributed by atoms with Gasteiger partial charge in [0.1, 0.15) is 0 Å². The van der Waals surface area contributed by atoms with Gasteiger partial charge in [-0.3, -0.25) is 9.89 Å². The van der Waals surface area contributed by atoms with Crippen LogP contribution >= 0.6 is 0 Å². The van der Waals surface area contributed by atoms with Gasteiger partial charge >= 0.3 is 5.97 Å². The van der Waals surface area contributed by atoms with Crippen molar-refractivity contribution in [3.8, 4) is 11.3 Å². The van der Waals surface area contributed by atoms with Crippen LogP contribution in [-0.2, 0) is 11.3 Å². The zero-order valence-corrected chi connectivity index (χ0v) is 14.0. The maximum atomic E-state index is 11.3. The van der Waals surface area contributed by atoms with Gasteiger partial charge in [-0.15, -0.1) is 0 Å². The van der Waals surface area contributed by atoms with Crippen LogP contribution in [0.1, 0.15) is 31.4 Å². The maximum Gasteiger partial charge on any atom is 0.307 e. The van der Waals surface area contributed by atoms with Gasteiger partial charge < -0.3 is 10.4 Å². The molecule has 0 radical (unpaired) electrons. The number of H-pyrrole nitrogens is 1. The second kappa shape index (κ2) is 7.92. The van der Waals surface area contributed by atoms with Crippen LogP contribution in [0.3, 0.4) is 0 Å². The summed E-state index contributed by atoms with van der Waals surface area (Å²) in [6.45, 7) is 7.21. The molecule has 1 unspecified atom stereocenters. The van der Waals surface area contributed by atoms with Gasteiger partial charge in [0.15, 0.2) is 0 Å². The Kier molecular flexibility index (Phi) is 5.93. The summed E-state index contributed by atoms with van der Waals surface area (Å²) < 4.78 is 0. The number of hydrogen-bond acceptors (Lipinski definition) is 3. The van der Waals surface area contributed by atoms with E-state index in [9.17, 15) is 9.90 Å². The Morgan fingerprint density at radius 1 is 1.39 bits per heavy atom. The van der Waals surface area contributed by atoms with Crippen LogP contribution < -0.4 is 5.32 Å². The average Bonchev–Trinajstić information content (AvgIpc) is 2.94. The fourth-order valence-corrected chi connectivity index (χ4v) is 2.72. The Labute approximate surface area is 137 Å². The number of carboxylic acid groups (broad SMARTS) is 1. The number of benzene rings is 1. The first-order chi connectivity index (χ1) is 11.0. The number of aromatic amines is 1. The topological polar surface area (TPSA) is 78.0 Å². The number of nitrogens with one attached hydrogen (secondary N) is 2. The van der Waals surface area contributed by atoms with Crippen molar-refractivity contribution in [2.24, 2.45) is 11.8 Å². The lowest BCUT2D eigenvalue weighted by Gasteiger charge is -2.15. The van der Waals surface area contributed by atoms with E-state index in [1.54, 1.807) is 6.20 Å². The van der Waals surface area contributed by atoms with E-state index in [2.05, 4.69) is 34.6 Å².